The van der Waals surface area contributed by atoms with Gasteiger partial charge in [-0.1, -0.05) is 18.2 Å². The Morgan fingerprint density at radius 3 is 2.42 bits per heavy atom. The number of benzene rings is 2. The molecule has 6 heteroatoms. The van der Waals surface area contributed by atoms with Crippen molar-refractivity contribution < 1.29 is 14.5 Å². The normalized spacial score (nSPS) is 9.95. The van der Waals surface area contributed by atoms with Gasteiger partial charge in [0.15, 0.2) is 0 Å². The van der Waals surface area contributed by atoms with Gasteiger partial charge in [0.1, 0.15) is 5.75 Å². The van der Waals surface area contributed by atoms with E-state index in [4.69, 9.17) is 16.3 Å². The van der Waals surface area contributed by atoms with Crippen molar-refractivity contribution in [3.63, 3.8) is 0 Å². The summed E-state index contributed by atoms with van der Waals surface area (Å²) >= 11 is 5.29. The molecule has 0 amide bonds. The van der Waals surface area contributed by atoms with Gasteiger partial charge in [-0.15, -0.1) is 0 Å². The minimum Gasteiger partial charge on any atom is -0.450 e. The molecule has 2 aromatic rings. The van der Waals surface area contributed by atoms with Gasteiger partial charge in [-0.05, 0) is 35.9 Å². The molecule has 2 aromatic carbocycles. The Morgan fingerprint density at radius 1 is 1.16 bits per heavy atom. The van der Waals surface area contributed by atoms with E-state index in [1.807, 2.05) is 0 Å². The molecule has 0 aliphatic heterocycles. The molecule has 96 valence electrons. The second-order valence-corrected chi connectivity index (χ2v) is 3.97. The van der Waals surface area contributed by atoms with E-state index in [0.29, 0.717) is 5.75 Å². The van der Waals surface area contributed by atoms with Crippen molar-refractivity contribution in [2.24, 2.45) is 0 Å². The summed E-state index contributed by atoms with van der Waals surface area (Å²) in [7, 11) is 0. The third-order valence-electron chi connectivity index (χ3n) is 2.35. The molecular formula is C13H8ClNO4. The van der Waals surface area contributed by atoms with Crippen molar-refractivity contribution in [2.75, 3.05) is 0 Å². The highest BCUT2D eigenvalue weighted by atomic mass is 35.5. The first kappa shape index (κ1) is 13.0. The van der Waals surface area contributed by atoms with Crippen LogP contribution in [0, 0.1) is 10.1 Å². The largest absolute Gasteiger partial charge is 0.450 e. The van der Waals surface area contributed by atoms with Gasteiger partial charge in [-0.3, -0.25) is 14.9 Å². The SMILES string of the molecule is O=C(Cl)c1ccc(Oc2ccccc2)c([N+](=O)[O-])c1. The Balaban J connectivity index is 2.40. The van der Waals surface area contributed by atoms with E-state index in [0.717, 1.165) is 6.07 Å². The molecule has 0 aliphatic carbocycles. The van der Waals surface area contributed by atoms with E-state index in [1.165, 1.54) is 12.1 Å². The van der Waals surface area contributed by atoms with E-state index in [9.17, 15) is 14.9 Å². The van der Waals surface area contributed by atoms with Gasteiger partial charge >= 0.3 is 5.69 Å². The van der Waals surface area contributed by atoms with Crippen LogP contribution in [0.25, 0.3) is 0 Å². The zero-order valence-electron chi connectivity index (χ0n) is 9.58. The number of nitro groups is 1. The summed E-state index contributed by atoms with van der Waals surface area (Å²) in [5, 5.41) is 10.2. The first-order valence-corrected chi connectivity index (χ1v) is 5.67. The molecule has 0 N–H and O–H groups in total. The topological polar surface area (TPSA) is 69.4 Å². The quantitative estimate of drug-likeness (QED) is 0.484. The van der Waals surface area contributed by atoms with Crippen molar-refractivity contribution in [2.45, 2.75) is 0 Å². The van der Waals surface area contributed by atoms with E-state index in [-0.39, 0.29) is 17.0 Å². The number of carbonyl (C=O) groups excluding carboxylic acids is 1. The number of para-hydroxylation sites is 1. The van der Waals surface area contributed by atoms with Crippen LogP contribution in [0.2, 0.25) is 0 Å². The number of nitrogens with zero attached hydrogens (tertiary/aromatic N) is 1. The van der Waals surface area contributed by atoms with Crippen LogP contribution in [0.1, 0.15) is 10.4 Å². The summed E-state index contributed by atoms with van der Waals surface area (Å²) in [6.45, 7) is 0. The van der Waals surface area contributed by atoms with Crippen molar-refractivity contribution in [1.29, 1.82) is 0 Å². The fourth-order valence-corrected chi connectivity index (χ4v) is 1.60. The molecule has 2 rings (SSSR count). The van der Waals surface area contributed by atoms with Crippen molar-refractivity contribution >= 4 is 22.5 Å². The molecule has 0 unspecified atom stereocenters. The van der Waals surface area contributed by atoms with Crippen LogP contribution in [-0.2, 0) is 0 Å². The first-order valence-electron chi connectivity index (χ1n) is 5.29. The standard InChI is InChI=1S/C13H8ClNO4/c14-13(16)9-6-7-12(11(8-9)15(17)18)19-10-4-2-1-3-5-10/h1-8H. The minimum atomic E-state index is -0.755. The molecule has 0 atom stereocenters. The Hall–Kier alpha value is -2.40. The van der Waals surface area contributed by atoms with Crippen molar-refractivity contribution in [3.05, 3.63) is 64.2 Å². The van der Waals surface area contributed by atoms with Gasteiger partial charge in [0.2, 0.25) is 5.75 Å². The van der Waals surface area contributed by atoms with Crippen LogP contribution in [-0.4, -0.2) is 10.2 Å². The Morgan fingerprint density at radius 2 is 1.84 bits per heavy atom. The number of halogens is 1. The van der Waals surface area contributed by atoms with E-state index in [1.54, 1.807) is 30.3 Å². The number of hydrogen-bond donors (Lipinski definition) is 0. The zero-order chi connectivity index (χ0) is 13.8. The monoisotopic (exact) mass is 277 g/mol. The molecule has 5 nitrogen and oxygen atoms in total. The number of hydrogen-bond acceptors (Lipinski definition) is 4. The van der Waals surface area contributed by atoms with Gasteiger partial charge in [0.05, 0.1) is 4.92 Å². The molecule has 19 heavy (non-hydrogen) atoms. The fourth-order valence-electron chi connectivity index (χ4n) is 1.48. The molecule has 0 heterocycles. The predicted molar refractivity (Wildman–Crippen MR) is 69.8 cm³/mol. The highest BCUT2D eigenvalue weighted by molar-refractivity contribution is 6.67. The molecule has 0 aliphatic rings. The van der Waals surface area contributed by atoms with Crippen LogP contribution in [0.3, 0.4) is 0 Å². The van der Waals surface area contributed by atoms with Gasteiger partial charge in [-0.25, -0.2) is 0 Å². The van der Waals surface area contributed by atoms with Gasteiger partial charge in [0.25, 0.3) is 5.24 Å². The number of ether oxygens (including phenoxy) is 1. The maximum absolute atomic E-state index is 11.0. The minimum absolute atomic E-state index is 0.0498. The summed E-state index contributed by atoms with van der Waals surface area (Å²) in [6.07, 6.45) is 0. The van der Waals surface area contributed by atoms with Gasteiger partial charge in [0, 0.05) is 11.6 Å². The predicted octanol–water partition coefficient (Wildman–Crippen LogP) is 3.77. The van der Waals surface area contributed by atoms with E-state index in [2.05, 4.69) is 0 Å². The lowest BCUT2D eigenvalue weighted by Crippen LogP contribution is -1.97. The summed E-state index contributed by atoms with van der Waals surface area (Å²) in [5.74, 6) is 0.522. The summed E-state index contributed by atoms with van der Waals surface area (Å²) in [5.41, 5.74) is -0.260. The van der Waals surface area contributed by atoms with Crippen LogP contribution in [0.5, 0.6) is 11.5 Å². The molecule has 0 bridgehead atoms. The highest BCUT2D eigenvalue weighted by Crippen LogP contribution is 2.32. The van der Waals surface area contributed by atoms with Gasteiger partial charge in [-0.2, -0.15) is 0 Å². The Bertz CT molecular complexity index is 628. The molecular weight excluding hydrogens is 270 g/mol. The molecule has 0 radical (unpaired) electrons. The van der Waals surface area contributed by atoms with Crippen LogP contribution >= 0.6 is 11.6 Å². The lowest BCUT2D eigenvalue weighted by atomic mass is 10.2. The molecule has 0 fully saturated rings. The molecule has 0 saturated carbocycles. The fraction of sp³-hybridized carbons (Fsp3) is 0. The summed E-state index contributed by atoms with van der Waals surface area (Å²) in [4.78, 5) is 21.3. The van der Waals surface area contributed by atoms with E-state index < -0.39 is 10.2 Å². The summed E-state index contributed by atoms with van der Waals surface area (Å²) in [6, 6.07) is 12.5. The first-order chi connectivity index (χ1) is 9.08. The molecule has 0 spiro atoms. The van der Waals surface area contributed by atoms with Crippen molar-refractivity contribution in [3.8, 4) is 11.5 Å². The third kappa shape index (κ3) is 3.08. The number of nitro benzene ring substituents is 1. The van der Waals surface area contributed by atoms with Crippen LogP contribution < -0.4 is 4.74 Å². The average molecular weight is 278 g/mol. The number of carbonyl (C=O) groups is 1. The maximum Gasteiger partial charge on any atom is 0.312 e. The third-order valence-corrected chi connectivity index (χ3v) is 2.57. The Kier molecular flexibility index (Phi) is 3.77. The molecule has 0 saturated heterocycles. The van der Waals surface area contributed by atoms with E-state index >= 15 is 0 Å². The smallest absolute Gasteiger partial charge is 0.312 e. The van der Waals surface area contributed by atoms with Gasteiger partial charge < -0.3 is 4.74 Å². The Labute approximate surface area is 113 Å². The lowest BCUT2D eigenvalue weighted by molar-refractivity contribution is -0.385. The summed E-state index contributed by atoms with van der Waals surface area (Å²) < 4.78 is 5.41. The number of rotatable bonds is 4. The zero-order valence-corrected chi connectivity index (χ0v) is 10.3. The maximum atomic E-state index is 11.0. The highest BCUT2D eigenvalue weighted by Gasteiger charge is 2.18. The lowest BCUT2D eigenvalue weighted by Gasteiger charge is -2.06. The second kappa shape index (κ2) is 5.49. The average Bonchev–Trinajstić information content (AvgIpc) is 2.39. The second-order valence-electron chi connectivity index (χ2n) is 3.63. The molecule has 0 aromatic heterocycles. The van der Waals surface area contributed by atoms with Crippen LogP contribution in [0.4, 0.5) is 5.69 Å². The van der Waals surface area contributed by atoms with Crippen LogP contribution in [0.15, 0.2) is 48.5 Å². The van der Waals surface area contributed by atoms with Crippen molar-refractivity contribution in [1.82, 2.24) is 0 Å².